The van der Waals surface area contributed by atoms with Gasteiger partial charge < -0.3 is 39.3 Å². The van der Waals surface area contributed by atoms with Crippen LogP contribution in [-0.2, 0) is 14.2 Å². The molecule has 2 heterocycles. The van der Waals surface area contributed by atoms with Crippen LogP contribution in [0.15, 0.2) is 21.3 Å². The molecule has 36 heavy (non-hydrogen) atoms. The minimum atomic E-state index is -1.61. The Balaban J connectivity index is 1.71. The lowest BCUT2D eigenvalue weighted by atomic mass is 9.83. The van der Waals surface area contributed by atoms with Crippen LogP contribution in [0.1, 0.15) is 67.1 Å². The van der Waals surface area contributed by atoms with Gasteiger partial charge in [0.1, 0.15) is 29.6 Å². The van der Waals surface area contributed by atoms with Gasteiger partial charge in [0, 0.05) is 13.2 Å². The van der Waals surface area contributed by atoms with Crippen LogP contribution in [0.5, 0.6) is 5.75 Å². The summed E-state index contributed by atoms with van der Waals surface area (Å²) in [6.07, 6.45) is -1.12. The number of fused-ring (bicyclic) bond motifs is 1. The molecule has 4 atom stereocenters. The Kier molecular flexibility index (Phi) is 7.00. The average molecular weight is 506 g/mol. The van der Waals surface area contributed by atoms with Gasteiger partial charge >= 0.3 is 17.7 Å². The third-order valence-corrected chi connectivity index (χ3v) is 7.09. The van der Waals surface area contributed by atoms with E-state index in [1.54, 1.807) is 20.8 Å². The number of carboxylic acids is 1. The van der Waals surface area contributed by atoms with E-state index in [-0.39, 0.29) is 17.0 Å². The molecule has 1 amide bonds. The number of carbonyl (C=O) groups is 2. The molecular weight excluding hydrogens is 474 g/mol. The number of alkyl carbamates (subject to hydrolysis) is 1. The van der Waals surface area contributed by atoms with Gasteiger partial charge in [-0.15, -0.1) is 0 Å². The van der Waals surface area contributed by atoms with Crippen molar-refractivity contribution in [2.45, 2.75) is 82.5 Å². The number of aromatic carboxylic acids is 1. The summed E-state index contributed by atoms with van der Waals surface area (Å²) >= 11 is 0. The van der Waals surface area contributed by atoms with Gasteiger partial charge in [-0.2, -0.15) is 0 Å². The first-order chi connectivity index (χ1) is 17.0. The van der Waals surface area contributed by atoms with Gasteiger partial charge in [-0.05, 0) is 50.8 Å². The highest BCUT2D eigenvalue weighted by Gasteiger charge is 2.53. The van der Waals surface area contributed by atoms with Gasteiger partial charge in [0.2, 0.25) is 0 Å². The molecule has 1 aliphatic heterocycles. The fraction of sp³-hybridized carbons (Fsp3) is 0.560. The van der Waals surface area contributed by atoms with Crippen molar-refractivity contribution in [3.8, 4) is 5.75 Å². The molecule has 1 saturated heterocycles. The number of carbonyl (C=O) groups excluding carboxylic acids is 1. The molecule has 1 saturated carbocycles. The summed E-state index contributed by atoms with van der Waals surface area (Å²) in [5, 5.41) is 33.8. The summed E-state index contributed by atoms with van der Waals surface area (Å²) in [4.78, 5) is 36.3. The van der Waals surface area contributed by atoms with Crippen LogP contribution in [0.2, 0.25) is 0 Å². The number of methoxy groups -OCH3 is 1. The van der Waals surface area contributed by atoms with E-state index in [0.29, 0.717) is 11.1 Å². The quantitative estimate of drug-likeness (QED) is 0.444. The topological polar surface area (TPSA) is 165 Å². The number of rotatable bonds is 5. The highest BCUT2D eigenvalue weighted by molar-refractivity contribution is 5.98. The van der Waals surface area contributed by atoms with Crippen molar-refractivity contribution in [3.05, 3.63) is 39.2 Å². The third-order valence-electron chi connectivity index (χ3n) is 7.09. The number of ether oxygens (including phenoxy) is 3. The first kappa shape index (κ1) is 25.9. The fourth-order valence-electron chi connectivity index (χ4n) is 5.30. The van der Waals surface area contributed by atoms with E-state index in [2.05, 4.69) is 5.32 Å². The van der Waals surface area contributed by atoms with E-state index in [4.69, 9.17) is 18.6 Å². The first-order valence-corrected chi connectivity index (χ1v) is 11.8. The molecule has 1 aromatic heterocycles. The molecule has 0 unspecified atom stereocenters. The highest BCUT2D eigenvalue weighted by atomic mass is 16.6. The Labute approximate surface area is 207 Å². The van der Waals surface area contributed by atoms with Crippen LogP contribution in [0, 0.1) is 6.92 Å². The number of aromatic hydroxyl groups is 1. The Morgan fingerprint density at radius 1 is 1.19 bits per heavy atom. The maximum Gasteiger partial charge on any atom is 0.407 e. The summed E-state index contributed by atoms with van der Waals surface area (Å²) in [6.45, 7) is 5.08. The van der Waals surface area contributed by atoms with E-state index in [1.165, 1.54) is 19.2 Å². The summed E-state index contributed by atoms with van der Waals surface area (Å²) in [5.41, 5.74) is -2.36. The van der Waals surface area contributed by atoms with Crippen LogP contribution in [0.25, 0.3) is 11.0 Å². The predicted octanol–water partition coefficient (Wildman–Crippen LogP) is 2.77. The van der Waals surface area contributed by atoms with Crippen molar-refractivity contribution in [3.63, 3.8) is 0 Å². The van der Waals surface area contributed by atoms with Gasteiger partial charge in [0.15, 0.2) is 11.7 Å². The highest BCUT2D eigenvalue weighted by Crippen LogP contribution is 2.43. The number of amides is 1. The predicted molar refractivity (Wildman–Crippen MR) is 126 cm³/mol. The number of hydrogen-bond donors (Lipinski definition) is 4. The van der Waals surface area contributed by atoms with Crippen LogP contribution in [-0.4, -0.2) is 64.4 Å². The molecule has 2 aromatic rings. The van der Waals surface area contributed by atoms with Crippen molar-refractivity contribution < 1.29 is 43.5 Å². The zero-order valence-corrected chi connectivity index (χ0v) is 20.6. The van der Waals surface area contributed by atoms with Crippen LogP contribution in [0.4, 0.5) is 4.79 Å². The Hall–Kier alpha value is -3.15. The maximum absolute atomic E-state index is 12.7. The van der Waals surface area contributed by atoms with Crippen molar-refractivity contribution in [2.24, 2.45) is 0 Å². The summed E-state index contributed by atoms with van der Waals surface area (Å²) in [5.74, 6) is -2.32. The summed E-state index contributed by atoms with van der Waals surface area (Å²) in [6, 6.07) is 2.94. The van der Waals surface area contributed by atoms with Crippen molar-refractivity contribution in [2.75, 3.05) is 7.11 Å². The number of nitrogens with one attached hydrogen (secondary N) is 1. The molecule has 196 valence electrons. The minimum absolute atomic E-state index is 0.0216. The number of aliphatic hydroxyl groups is 1. The molecule has 4 N–H and O–H groups in total. The van der Waals surface area contributed by atoms with Crippen LogP contribution >= 0.6 is 0 Å². The van der Waals surface area contributed by atoms with E-state index >= 15 is 0 Å². The van der Waals surface area contributed by atoms with Crippen molar-refractivity contribution in [1.82, 2.24) is 5.32 Å². The van der Waals surface area contributed by atoms with Gasteiger partial charge in [-0.1, -0.05) is 18.9 Å². The van der Waals surface area contributed by atoms with E-state index < -0.39 is 59.0 Å². The number of carboxylic acid groups (broad SMARTS) is 1. The molecule has 0 bridgehead atoms. The number of aliphatic hydroxyl groups excluding tert-OH is 1. The lowest BCUT2D eigenvalue weighted by Gasteiger charge is -2.48. The van der Waals surface area contributed by atoms with E-state index in [9.17, 15) is 29.7 Å². The van der Waals surface area contributed by atoms with Crippen molar-refractivity contribution >= 4 is 23.0 Å². The van der Waals surface area contributed by atoms with E-state index in [0.717, 1.165) is 25.7 Å². The fourth-order valence-corrected chi connectivity index (χ4v) is 5.30. The Morgan fingerprint density at radius 3 is 2.47 bits per heavy atom. The molecule has 2 fully saturated rings. The van der Waals surface area contributed by atoms with Gasteiger partial charge in [-0.25, -0.2) is 14.4 Å². The lowest BCUT2D eigenvalue weighted by Crippen LogP contribution is -2.61. The standard InChI is InChI=1S/C25H31NO10/c1-11-13(9-10-14-16(27)15(22(29)30)23(31)34-18(11)14)19-17(28)20(21(33-4)25(2,3)36-19)35-24(32)26-12-7-5-6-8-12/h9-10,12,17,19-21,27-28H,5-8H2,1-4H3,(H,26,32)(H,29,30)/t17-,19+,20-,21-/m1/s1. The smallest absolute Gasteiger partial charge is 0.407 e. The number of benzene rings is 1. The molecule has 1 aromatic carbocycles. The Bertz CT molecular complexity index is 1230. The van der Waals surface area contributed by atoms with Gasteiger partial charge in [-0.3, -0.25) is 0 Å². The zero-order valence-electron chi connectivity index (χ0n) is 20.6. The molecule has 4 rings (SSSR count). The Morgan fingerprint density at radius 2 is 1.86 bits per heavy atom. The molecular formula is C25H31NO10. The van der Waals surface area contributed by atoms with Crippen molar-refractivity contribution in [1.29, 1.82) is 0 Å². The number of aryl methyl sites for hydroxylation is 1. The molecule has 11 heteroatoms. The second-order valence-corrected chi connectivity index (χ2v) is 9.86. The lowest BCUT2D eigenvalue weighted by molar-refractivity contribution is -0.264. The normalized spacial score (nSPS) is 26.1. The second kappa shape index (κ2) is 9.72. The molecule has 0 spiro atoms. The largest absolute Gasteiger partial charge is 0.506 e. The van der Waals surface area contributed by atoms with E-state index in [1.807, 2.05) is 0 Å². The summed E-state index contributed by atoms with van der Waals surface area (Å²) < 4.78 is 22.7. The SMILES string of the molecule is CO[C@@H]1[C@H](OC(=O)NC2CCCC2)[C@H](O)[C@H](c2ccc3c(O)c(C(=O)O)c(=O)oc3c2C)OC1(C)C. The molecule has 1 aliphatic carbocycles. The zero-order chi connectivity index (χ0) is 26.4. The average Bonchev–Trinajstić information content (AvgIpc) is 3.29. The maximum atomic E-state index is 12.7. The third kappa shape index (κ3) is 4.54. The summed E-state index contributed by atoms with van der Waals surface area (Å²) in [7, 11) is 1.44. The van der Waals surface area contributed by atoms with Crippen LogP contribution in [0.3, 0.4) is 0 Å². The minimum Gasteiger partial charge on any atom is -0.506 e. The number of hydrogen-bond acceptors (Lipinski definition) is 9. The van der Waals surface area contributed by atoms with Gasteiger partial charge in [0.25, 0.3) is 0 Å². The molecule has 11 nitrogen and oxygen atoms in total. The van der Waals surface area contributed by atoms with Gasteiger partial charge in [0.05, 0.1) is 11.0 Å². The van der Waals surface area contributed by atoms with Crippen LogP contribution < -0.4 is 10.9 Å². The molecule has 0 radical (unpaired) electrons. The molecule has 2 aliphatic rings. The monoisotopic (exact) mass is 505 g/mol. The second-order valence-electron chi connectivity index (χ2n) is 9.86. The first-order valence-electron chi connectivity index (χ1n) is 11.8.